The van der Waals surface area contributed by atoms with Gasteiger partial charge >= 0.3 is 0 Å². The predicted octanol–water partition coefficient (Wildman–Crippen LogP) is 3.48. The van der Waals surface area contributed by atoms with Crippen LogP contribution in [0.2, 0.25) is 0 Å². The molecule has 1 aromatic carbocycles. The standard InChI is InChI=1S/C17H17F2N3/c1-11-7-13(9-22-6-5-20-10-22)8-21-17(11)14-3-4-15(18)12(2)16(14)19/h3-8,20H,9-10H2,1-2H3. The molecule has 2 heterocycles. The van der Waals surface area contributed by atoms with Crippen LogP contribution in [0.1, 0.15) is 16.7 Å². The summed E-state index contributed by atoms with van der Waals surface area (Å²) >= 11 is 0. The van der Waals surface area contributed by atoms with E-state index in [0.29, 0.717) is 11.3 Å². The largest absolute Gasteiger partial charge is 0.373 e. The Labute approximate surface area is 128 Å². The van der Waals surface area contributed by atoms with E-state index in [1.54, 1.807) is 6.20 Å². The number of aryl methyl sites for hydroxylation is 1. The summed E-state index contributed by atoms with van der Waals surface area (Å²) in [5.41, 5.74) is 2.84. The predicted molar refractivity (Wildman–Crippen MR) is 81.7 cm³/mol. The van der Waals surface area contributed by atoms with Gasteiger partial charge < -0.3 is 10.2 Å². The molecule has 5 heteroatoms. The van der Waals surface area contributed by atoms with E-state index >= 15 is 0 Å². The van der Waals surface area contributed by atoms with E-state index in [0.717, 1.165) is 24.3 Å². The highest BCUT2D eigenvalue weighted by molar-refractivity contribution is 5.64. The van der Waals surface area contributed by atoms with Crippen molar-refractivity contribution in [1.29, 1.82) is 0 Å². The smallest absolute Gasteiger partial charge is 0.138 e. The summed E-state index contributed by atoms with van der Waals surface area (Å²) in [4.78, 5) is 6.50. The van der Waals surface area contributed by atoms with Gasteiger partial charge in [0, 0.05) is 36.3 Å². The number of hydrogen-bond donors (Lipinski definition) is 1. The van der Waals surface area contributed by atoms with Crippen LogP contribution in [0, 0.1) is 25.5 Å². The second-order valence-corrected chi connectivity index (χ2v) is 5.47. The molecule has 3 rings (SSSR count). The van der Waals surface area contributed by atoms with Gasteiger partial charge in [0.05, 0.1) is 12.4 Å². The van der Waals surface area contributed by atoms with Gasteiger partial charge in [-0.05, 0) is 37.1 Å². The Bertz CT molecular complexity index is 741. The molecule has 0 fully saturated rings. The van der Waals surface area contributed by atoms with Gasteiger partial charge in [0.15, 0.2) is 0 Å². The third-order valence-electron chi connectivity index (χ3n) is 3.79. The fourth-order valence-electron chi connectivity index (χ4n) is 2.57. The van der Waals surface area contributed by atoms with Gasteiger partial charge in [-0.25, -0.2) is 8.78 Å². The maximum atomic E-state index is 14.3. The number of halogens is 2. The Morgan fingerprint density at radius 1 is 1.27 bits per heavy atom. The van der Waals surface area contributed by atoms with Crippen molar-refractivity contribution < 1.29 is 8.78 Å². The van der Waals surface area contributed by atoms with Crippen LogP contribution in [0.15, 0.2) is 36.8 Å². The summed E-state index contributed by atoms with van der Waals surface area (Å²) in [6.07, 6.45) is 5.62. The third kappa shape index (κ3) is 2.66. The lowest BCUT2D eigenvalue weighted by Gasteiger charge is -2.16. The molecule has 0 radical (unpaired) electrons. The first kappa shape index (κ1) is 14.5. The van der Waals surface area contributed by atoms with Crippen LogP contribution >= 0.6 is 0 Å². The molecule has 3 nitrogen and oxygen atoms in total. The van der Waals surface area contributed by atoms with Crippen LogP contribution in [0.25, 0.3) is 11.3 Å². The highest BCUT2D eigenvalue weighted by atomic mass is 19.1. The zero-order chi connectivity index (χ0) is 15.7. The van der Waals surface area contributed by atoms with Crippen molar-refractivity contribution in [2.45, 2.75) is 20.4 Å². The molecule has 0 saturated heterocycles. The third-order valence-corrected chi connectivity index (χ3v) is 3.79. The molecule has 114 valence electrons. The molecule has 1 aliphatic heterocycles. The fraction of sp³-hybridized carbons (Fsp3) is 0.235. The van der Waals surface area contributed by atoms with Crippen molar-refractivity contribution in [3.8, 4) is 11.3 Å². The minimum atomic E-state index is -0.546. The summed E-state index contributed by atoms with van der Waals surface area (Å²) in [7, 11) is 0. The van der Waals surface area contributed by atoms with Gasteiger partial charge in [0.1, 0.15) is 11.6 Å². The van der Waals surface area contributed by atoms with Crippen molar-refractivity contribution in [2.24, 2.45) is 0 Å². The zero-order valence-electron chi connectivity index (χ0n) is 12.5. The molecular weight excluding hydrogens is 284 g/mol. The van der Waals surface area contributed by atoms with E-state index in [1.807, 2.05) is 25.4 Å². The van der Waals surface area contributed by atoms with E-state index in [-0.39, 0.29) is 5.56 Å². The molecule has 0 spiro atoms. The Morgan fingerprint density at radius 3 is 2.77 bits per heavy atom. The lowest BCUT2D eigenvalue weighted by Crippen LogP contribution is -2.20. The fourth-order valence-corrected chi connectivity index (χ4v) is 2.57. The van der Waals surface area contributed by atoms with E-state index in [1.165, 1.54) is 19.1 Å². The Morgan fingerprint density at radius 2 is 2.09 bits per heavy atom. The first-order chi connectivity index (χ1) is 10.6. The highest BCUT2D eigenvalue weighted by Crippen LogP contribution is 2.27. The molecule has 0 aliphatic carbocycles. The minimum Gasteiger partial charge on any atom is -0.373 e. The summed E-state index contributed by atoms with van der Waals surface area (Å²) < 4.78 is 27.6. The number of pyridine rings is 1. The first-order valence-electron chi connectivity index (χ1n) is 7.11. The molecule has 0 unspecified atom stereocenters. The monoisotopic (exact) mass is 301 g/mol. The Balaban J connectivity index is 1.92. The average molecular weight is 301 g/mol. The quantitative estimate of drug-likeness (QED) is 0.941. The van der Waals surface area contributed by atoms with Crippen LogP contribution in [0.3, 0.4) is 0 Å². The van der Waals surface area contributed by atoms with Crippen LogP contribution in [0.5, 0.6) is 0 Å². The summed E-state index contributed by atoms with van der Waals surface area (Å²) in [6.45, 7) is 4.84. The van der Waals surface area contributed by atoms with Crippen LogP contribution in [-0.4, -0.2) is 16.6 Å². The summed E-state index contributed by atoms with van der Waals surface area (Å²) in [5.74, 6) is -1.08. The number of nitrogens with one attached hydrogen (secondary N) is 1. The lowest BCUT2D eigenvalue weighted by molar-refractivity contribution is 0.384. The SMILES string of the molecule is Cc1cc(CN2C=CNC2)cnc1-c1ccc(F)c(C)c1F. The van der Waals surface area contributed by atoms with E-state index < -0.39 is 11.6 Å². The number of aromatic nitrogens is 1. The average Bonchev–Trinajstić information content (AvgIpc) is 2.99. The zero-order valence-corrected chi connectivity index (χ0v) is 12.5. The molecule has 2 aromatic rings. The topological polar surface area (TPSA) is 28.2 Å². The van der Waals surface area contributed by atoms with E-state index in [2.05, 4.69) is 15.2 Å². The van der Waals surface area contributed by atoms with Crippen LogP contribution in [-0.2, 0) is 6.54 Å². The molecule has 0 amide bonds. The molecule has 1 N–H and O–H groups in total. The van der Waals surface area contributed by atoms with Gasteiger partial charge in [0.2, 0.25) is 0 Å². The number of hydrogen-bond acceptors (Lipinski definition) is 3. The first-order valence-corrected chi connectivity index (χ1v) is 7.11. The molecule has 0 bridgehead atoms. The molecule has 1 aliphatic rings. The maximum Gasteiger partial charge on any atom is 0.138 e. The molecule has 22 heavy (non-hydrogen) atoms. The number of benzene rings is 1. The maximum absolute atomic E-state index is 14.3. The van der Waals surface area contributed by atoms with Crippen LogP contribution < -0.4 is 5.32 Å². The van der Waals surface area contributed by atoms with Crippen molar-refractivity contribution in [3.63, 3.8) is 0 Å². The van der Waals surface area contributed by atoms with E-state index in [9.17, 15) is 8.78 Å². The van der Waals surface area contributed by atoms with Crippen molar-refractivity contribution in [3.05, 3.63) is 65.1 Å². The van der Waals surface area contributed by atoms with Gasteiger partial charge in [-0.1, -0.05) is 6.07 Å². The molecule has 1 aromatic heterocycles. The van der Waals surface area contributed by atoms with Gasteiger partial charge in [-0.15, -0.1) is 0 Å². The highest BCUT2D eigenvalue weighted by Gasteiger charge is 2.15. The van der Waals surface area contributed by atoms with Gasteiger partial charge in [-0.2, -0.15) is 0 Å². The number of nitrogens with zero attached hydrogens (tertiary/aromatic N) is 2. The summed E-state index contributed by atoms with van der Waals surface area (Å²) in [5, 5.41) is 3.10. The summed E-state index contributed by atoms with van der Waals surface area (Å²) in [6, 6.07) is 4.72. The van der Waals surface area contributed by atoms with Gasteiger partial charge in [-0.3, -0.25) is 4.98 Å². The molecule has 0 saturated carbocycles. The Hall–Kier alpha value is -2.43. The number of rotatable bonds is 3. The normalized spacial score (nSPS) is 13.5. The van der Waals surface area contributed by atoms with E-state index in [4.69, 9.17) is 0 Å². The lowest BCUT2D eigenvalue weighted by atomic mass is 10.0. The molecule has 0 atom stereocenters. The minimum absolute atomic E-state index is 0.0241. The van der Waals surface area contributed by atoms with Crippen molar-refractivity contribution in [1.82, 2.24) is 15.2 Å². The second kappa shape index (κ2) is 5.75. The Kier molecular flexibility index (Phi) is 3.79. The van der Waals surface area contributed by atoms with Crippen molar-refractivity contribution in [2.75, 3.05) is 6.67 Å². The van der Waals surface area contributed by atoms with Gasteiger partial charge in [0.25, 0.3) is 0 Å². The van der Waals surface area contributed by atoms with Crippen LogP contribution in [0.4, 0.5) is 8.78 Å². The second-order valence-electron chi connectivity index (χ2n) is 5.47. The van der Waals surface area contributed by atoms with Crippen molar-refractivity contribution >= 4 is 0 Å². The molecular formula is C17H17F2N3.